The lowest BCUT2D eigenvalue weighted by molar-refractivity contribution is -0.136. The van der Waals surface area contributed by atoms with Crippen molar-refractivity contribution < 1.29 is 32.5 Å². The minimum atomic E-state index is -0.820. The van der Waals surface area contributed by atoms with Crippen molar-refractivity contribution >= 4 is 23.4 Å². The molecule has 1 aromatic heterocycles. The fraction of sp³-hybridized carbons (Fsp3) is 0.194. The quantitative estimate of drug-likeness (QED) is 0.284. The molecule has 1 atom stereocenters. The predicted octanol–water partition coefficient (Wildman–Crippen LogP) is 4.28. The van der Waals surface area contributed by atoms with E-state index in [9.17, 15) is 18.4 Å². The van der Waals surface area contributed by atoms with Crippen LogP contribution in [0.25, 0.3) is 6.08 Å². The number of rotatable bonds is 8. The number of aromatic nitrogens is 1. The summed E-state index contributed by atoms with van der Waals surface area (Å²) in [5.74, 6) is -1.08. The summed E-state index contributed by atoms with van der Waals surface area (Å²) in [7, 11) is 4.34. The molecule has 0 saturated carbocycles. The Bertz CT molecular complexity index is 1880. The number of esters is 1. The number of nitrogens with zero attached hydrogens (tertiary/aromatic N) is 2. The van der Waals surface area contributed by atoms with E-state index in [1.807, 2.05) is 0 Å². The van der Waals surface area contributed by atoms with Crippen LogP contribution >= 0.6 is 11.3 Å². The highest BCUT2D eigenvalue weighted by Crippen LogP contribution is 2.31. The normalized spacial score (nSPS) is 14.7. The van der Waals surface area contributed by atoms with Gasteiger partial charge >= 0.3 is 5.97 Å². The van der Waals surface area contributed by atoms with Gasteiger partial charge in [-0.05, 0) is 60.5 Å². The molecule has 0 radical (unpaired) electrons. The van der Waals surface area contributed by atoms with Crippen LogP contribution in [0.15, 0.2) is 81.7 Å². The SMILES string of the molecule is COC(=O)C1=C(C)N=c2s/c(=C/c3ccc(OC)c(COc4ccc(F)cc4F)c3)c(=O)n2[C@H]1c1ccc(OC)cc1. The second kappa shape index (κ2) is 12.0. The summed E-state index contributed by atoms with van der Waals surface area (Å²) in [6, 6.07) is 14.6. The fourth-order valence-corrected chi connectivity index (χ4v) is 5.74. The van der Waals surface area contributed by atoms with Crippen molar-refractivity contribution in [2.24, 2.45) is 4.99 Å². The summed E-state index contributed by atoms with van der Waals surface area (Å²) in [6.45, 7) is 1.65. The first kappa shape index (κ1) is 28.7. The molecule has 1 aliphatic rings. The van der Waals surface area contributed by atoms with E-state index in [1.54, 1.807) is 62.6 Å². The van der Waals surface area contributed by atoms with Gasteiger partial charge in [0, 0.05) is 11.6 Å². The zero-order valence-electron chi connectivity index (χ0n) is 23.1. The molecule has 0 unspecified atom stereocenters. The Morgan fingerprint density at radius 1 is 1.00 bits per heavy atom. The topological polar surface area (TPSA) is 88.4 Å². The molecule has 0 amide bonds. The highest BCUT2D eigenvalue weighted by Gasteiger charge is 2.33. The van der Waals surface area contributed by atoms with Crippen LogP contribution in [0.1, 0.15) is 29.7 Å². The Kier molecular flexibility index (Phi) is 8.21. The number of carbonyl (C=O) groups excluding carboxylic acids is 1. The zero-order chi connectivity index (χ0) is 30.0. The van der Waals surface area contributed by atoms with Gasteiger partial charge in [-0.3, -0.25) is 9.36 Å². The van der Waals surface area contributed by atoms with Crippen molar-refractivity contribution in [1.82, 2.24) is 4.57 Å². The van der Waals surface area contributed by atoms with Gasteiger partial charge in [0.05, 0.1) is 43.2 Å². The molecule has 0 saturated heterocycles. The summed E-state index contributed by atoms with van der Waals surface area (Å²) in [4.78, 5) is 31.7. The largest absolute Gasteiger partial charge is 0.497 e. The standard InChI is InChI=1S/C31H26F2N2O6S/c1-17-27(30(37)40-4)28(19-6-9-22(38-2)10-7-19)35-29(36)26(42-31(35)34-17)14-18-5-11-24(39-3)20(13-18)16-41-25-12-8-21(32)15-23(25)33/h5-15,28H,16H2,1-4H3/b26-14+/t28-/m0/s1. The maximum absolute atomic E-state index is 14.1. The van der Waals surface area contributed by atoms with Crippen LogP contribution in [0.3, 0.4) is 0 Å². The van der Waals surface area contributed by atoms with Gasteiger partial charge in [-0.1, -0.05) is 29.5 Å². The van der Waals surface area contributed by atoms with Crippen molar-refractivity contribution in [3.05, 3.63) is 120 Å². The second-order valence-electron chi connectivity index (χ2n) is 9.28. The number of hydrogen-bond donors (Lipinski definition) is 0. The maximum atomic E-state index is 14.1. The smallest absolute Gasteiger partial charge is 0.338 e. The number of carbonyl (C=O) groups is 1. The monoisotopic (exact) mass is 592 g/mol. The van der Waals surface area contributed by atoms with Crippen molar-refractivity contribution in [3.63, 3.8) is 0 Å². The fourth-order valence-electron chi connectivity index (χ4n) is 4.69. The summed E-state index contributed by atoms with van der Waals surface area (Å²) in [5, 5.41) is 0. The molecule has 0 bridgehead atoms. The maximum Gasteiger partial charge on any atom is 0.338 e. The summed E-state index contributed by atoms with van der Waals surface area (Å²) >= 11 is 1.19. The number of hydrogen-bond acceptors (Lipinski definition) is 8. The van der Waals surface area contributed by atoms with Crippen LogP contribution in [0.2, 0.25) is 0 Å². The average molecular weight is 593 g/mol. The van der Waals surface area contributed by atoms with Gasteiger partial charge in [0.15, 0.2) is 16.4 Å². The van der Waals surface area contributed by atoms with Crippen LogP contribution < -0.4 is 29.1 Å². The number of ether oxygens (including phenoxy) is 4. The first-order valence-corrected chi connectivity index (χ1v) is 13.5. The number of methoxy groups -OCH3 is 3. The third-order valence-electron chi connectivity index (χ3n) is 6.74. The van der Waals surface area contributed by atoms with Gasteiger partial charge in [-0.15, -0.1) is 0 Å². The summed E-state index contributed by atoms with van der Waals surface area (Å²) < 4.78 is 50.6. The van der Waals surface area contributed by atoms with E-state index in [2.05, 4.69) is 4.99 Å². The third-order valence-corrected chi connectivity index (χ3v) is 7.72. The lowest BCUT2D eigenvalue weighted by Crippen LogP contribution is -2.39. The highest BCUT2D eigenvalue weighted by molar-refractivity contribution is 7.07. The van der Waals surface area contributed by atoms with Gasteiger partial charge in [-0.2, -0.15) is 0 Å². The Hall–Kier alpha value is -4.77. The molecule has 0 aliphatic carbocycles. The number of allylic oxidation sites excluding steroid dienone is 1. The number of fused-ring (bicyclic) bond motifs is 1. The van der Waals surface area contributed by atoms with Gasteiger partial charge in [-0.25, -0.2) is 18.6 Å². The van der Waals surface area contributed by atoms with Gasteiger partial charge < -0.3 is 18.9 Å². The van der Waals surface area contributed by atoms with Crippen molar-refractivity contribution in [3.8, 4) is 17.2 Å². The minimum Gasteiger partial charge on any atom is -0.497 e. The lowest BCUT2D eigenvalue weighted by Gasteiger charge is -2.24. The zero-order valence-corrected chi connectivity index (χ0v) is 24.0. The Balaban J connectivity index is 1.57. The Labute approximate surface area is 243 Å². The molecule has 1 aliphatic heterocycles. The molecule has 2 heterocycles. The molecular formula is C31H26F2N2O6S. The molecule has 11 heteroatoms. The first-order chi connectivity index (χ1) is 20.2. The van der Waals surface area contributed by atoms with Crippen LogP contribution in [0.4, 0.5) is 8.78 Å². The van der Waals surface area contributed by atoms with Crippen molar-refractivity contribution in [2.45, 2.75) is 19.6 Å². The molecule has 8 nitrogen and oxygen atoms in total. The lowest BCUT2D eigenvalue weighted by atomic mass is 9.96. The van der Waals surface area contributed by atoms with E-state index in [1.165, 1.54) is 36.2 Å². The number of halogens is 2. The molecule has 5 rings (SSSR count). The average Bonchev–Trinajstić information content (AvgIpc) is 3.29. The van der Waals surface area contributed by atoms with Crippen LogP contribution in [0.5, 0.6) is 17.2 Å². The van der Waals surface area contributed by atoms with Crippen molar-refractivity contribution in [2.75, 3.05) is 21.3 Å². The summed E-state index contributed by atoms with van der Waals surface area (Å²) in [5.41, 5.74) is 2.31. The van der Waals surface area contributed by atoms with E-state index in [-0.39, 0.29) is 23.5 Å². The Morgan fingerprint density at radius 2 is 1.74 bits per heavy atom. The van der Waals surface area contributed by atoms with Gasteiger partial charge in [0.1, 0.15) is 23.9 Å². The van der Waals surface area contributed by atoms with Crippen LogP contribution in [-0.2, 0) is 16.1 Å². The second-order valence-corrected chi connectivity index (χ2v) is 10.3. The van der Waals surface area contributed by atoms with Gasteiger partial charge in [0.25, 0.3) is 5.56 Å². The molecule has 42 heavy (non-hydrogen) atoms. The molecule has 0 fully saturated rings. The van der Waals surface area contributed by atoms with Crippen LogP contribution in [0, 0.1) is 11.6 Å². The molecule has 4 aromatic rings. The first-order valence-electron chi connectivity index (χ1n) is 12.7. The van der Waals surface area contributed by atoms with E-state index >= 15 is 0 Å². The number of thiazole rings is 1. The molecule has 0 spiro atoms. The predicted molar refractivity (Wildman–Crippen MR) is 152 cm³/mol. The van der Waals surface area contributed by atoms with E-state index in [0.717, 1.165) is 12.1 Å². The Morgan fingerprint density at radius 3 is 2.40 bits per heavy atom. The summed E-state index contributed by atoms with van der Waals surface area (Å²) in [6.07, 6.45) is 1.70. The van der Waals surface area contributed by atoms with E-state index in [0.29, 0.717) is 43.2 Å². The molecule has 216 valence electrons. The third kappa shape index (κ3) is 5.55. The molecule has 3 aromatic carbocycles. The highest BCUT2D eigenvalue weighted by atomic mass is 32.1. The van der Waals surface area contributed by atoms with Crippen LogP contribution in [-0.4, -0.2) is 31.9 Å². The molecular weight excluding hydrogens is 566 g/mol. The molecule has 0 N–H and O–H groups in total. The minimum absolute atomic E-state index is 0.0617. The van der Waals surface area contributed by atoms with E-state index < -0.39 is 23.6 Å². The number of benzene rings is 3. The van der Waals surface area contributed by atoms with Crippen molar-refractivity contribution in [1.29, 1.82) is 0 Å². The van der Waals surface area contributed by atoms with E-state index in [4.69, 9.17) is 18.9 Å². The van der Waals surface area contributed by atoms with Gasteiger partial charge in [0.2, 0.25) is 0 Å².